The summed E-state index contributed by atoms with van der Waals surface area (Å²) >= 11 is 1.38. The number of carbonyl (C=O) groups is 2. The lowest BCUT2D eigenvalue weighted by Gasteiger charge is -2.34. The predicted octanol–water partition coefficient (Wildman–Crippen LogP) is 3.15. The second kappa shape index (κ2) is 9.73. The highest BCUT2D eigenvalue weighted by molar-refractivity contribution is 7.99. The summed E-state index contributed by atoms with van der Waals surface area (Å²) in [5.74, 6) is 0.343. The molecule has 0 atom stereocenters. The van der Waals surface area contributed by atoms with Crippen LogP contribution in [-0.4, -0.2) is 70.5 Å². The number of ether oxygens (including phenoxy) is 1. The van der Waals surface area contributed by atoms with E-state index in [0.717, 1.165) is 16.3 Å². The second-order valence-electron chi connectivity index (χ2n) is 6.91. The predicted molar refractivity (Wildman–Crippen MR) is 113 cm³/mol. The Balaban J connectivity index is 1.49. The summed E-state index contributed by atoms with van der Waals surface area (Å²) in [5.41, 5.74) is 4.32. The van der Waals surface area contributed by atoms with Gasteiger partial charge in [-0.2, -0.15) is 0 Å². The monoisotopic (exact) mass is 414 g/mol. The molecule has 8 heteroatoms. The molecule has 2 heterocycles. The van der Waals surface area contributed by atoms with Crippen LogP contribution in [0.5, 0.6) is 0 Å². The number of hydrogen-bond donors (Lipinski definition) is 0. The van der Waals surface area contributed by atoms with Gasteiger partial charge in [0.05, 0.1) is 18.1 Å². The number of aryl methyl sites for hydroxylation is 2. The summed E-state index contributed by atoms with van der Waals surface area (Å²) < 4.78 is 5.00. The van der Waals surface area contributed by atoms with Gasteiger partial charge in [-0.15, -0.1) is 10.2 Å². The van der Waals surface area contributed by atoms with E-state index in [0.29, 0.717) is 38.5 Å². The topological polar surface area (TPSA) is 75.6 Å². The minimum atomic E-state index is -0.312. The molecular formula is C21H26N4O3S. The Hall–Kier alpha value is -2.61. The summed E-state index contributed by atoms with van der Waals surface area (Å²) in [5, 5.41) is 9.27. The average molecular weight is 415 g/mol. The zero-order chi connectivity index (χ0) is 20.8. The molecule has 1 fully saturated rings. The average Bonchev–Trinajstić information content (AvgIpc) is 2.74. The van der Waals surface area contributed by atoms with Crippen LogP contribution in [0.2, 0.25) is 0 Å². The van der Waals surface area contributed by atoms with Crippen LogP contribution in [0.4, 0.5) is 4.79 Å². The van der Waals surface area contributed by atoms with Crippen molar-refractivity contribution in [3.63, 3.8) is 0 Å². The molecule has 0 aliphatic carbocycles. The van der Waals surface area contributed by atoms with Gasteiger partial charge in [-0.3, -0.25) is 4.79 Å². The first kappa shape index (κ1) is 21.1. The number of thioether (sulfide) groups is 1. The standard InChI is InChI=1S/C21H26N4O3S/c1-4-28-21(27)25-11-9-24(10-12-25)20(26)14-29-19-8-7-18(22-23-19)17-6-5-15(2)16(3)13-17/h5-8,13H,4,9-12,14H2,1-3H3. The van der Waals surface area contributed by atoms with Gasteiger partial charge in [0.15, 0.2) is 0 Å². The van der Waals surface area contributed by atoms with Crippen LogP contribution < -0.4 is 0 Å². The Labute approximate surface area is 175 Å². The quantitative estimate of drug-likeness (QED) is 0.700. The zero-order valence-electron chi connectivity index (χ0n) is 17.1. The van der Waals surface area contributed by atoms with Gasteiger partial charge in [-0.1, -0.05) is 23.9 Å². The number of rotatable bonds is 5. The maximum absolute atomic E-state index is 12.5. The first-order valence-electron chi connectivity index (χ1n) is 9.71. The van der Waals surface area contributed by atoms with Crippen molar-refractivity contribution in [2.24, 2.45) is 0 Å². The van der Waals surface area contributed by atoms with E-state index in [2.05, 4.69) is 36.2 Å². The molecule has 1 aromatic heterocycles. The Morgan fingerprint density at radius 3 is 2.34 bits per heavy atom. The number of aromatic nitrogens is 2. The Bertz CT molecular complexity index is 865. The van der Waals surface area contributed by atoms with Gasteiger partial charge >= 0.3 is 6.09 Å². The highest BCUT2D eigenvalue weighted by atomic mass is 32.2. The second-order valence-corrected chi connectivity index (χ2v) is 7.91. The fraction of sp³-hybridized carbons (Fsp3) is 0.429. The van der Waals surface area contributed by atoms with Gasteiger partial charge in [0.1, 0.15) is 5.03 Å². The maximum atomic E-state index is 12.5. The molecule has 7 nitrogen and oxygen atoms in total. The fourth-order valence-electron chi connectivity index (χ4n) is 3.03. The summed E-state index contributed by atoms with van der Waals surface area (Å²) in [6.07, 6.45) is -0.312. The first-order valence-corrected chi connectivity index (χ1v) is 10.7. The normalized spacial score (nSPS) is 14.0. The molecule has 2 amide bonds. The number of piperazine rings is 1. The van der Waals surface area contributed by atoms with E-state index in [1.165, 1.54) is 22.9 Å². The van der Waals surface area contributed by atoms with Crippen molar-refractivity contribution in [1.29, 1.82) is 0 Å². The van der Waals surface area contributed by atoms with Crippen LogP contribution >= 0.6 is 11.8 Å². The van der Waals surface area contributed by atoms with Crippen molar-refractivity contribution in [1.82, 2.24) is 20.0 Å². The molecule has 1 aromatic carbocycles. The molecule has 2 aromatic rings. The number of carbonyl (C=O) groups excluding carboxylic acids is 2. The summed E-state index contributed by atoms with van der Waals surface area (Å²) in [4.78, 5) is 27.6. The Morgan fingerprint density at radius 2 is 1.72 bits per heavy atom. The van der Waals surface area contributed by atoms with Crippen LogP contribution in [-0.2, 0) is 9.53 Å². The van der Waals surface area contributed by atoms with Crippen LogP contribution in [0, 0.1) is 13.8 Å². The van der Waals surface area contributed by atoms with Gasteiger partial charge in [0.25, 0.3) is 0 Å². The summed E-state index contributed by atoms with van der Waals surface area (Å²) in [6, 6.07) is 10.1. The van der Waals surface area contributed by atoms with Crippen molar-refractivity contribution in [2.45, 2.75) is 25.8 Å². The molecule has 1 saturated heterocycles. The van der Waals surface area contributed by atoms with E-state index in [9.17, 15) is 9.59 Å². The summed E-state index contributed by atoms with van der Waals surface area (Å²) in [6.45, 7) is 8.35. The molecule has 1 aliphatic heterocycles. The largest absolute Gasteiger partial charge is 0.450 e. The molecular weight excluding hydrogens is 388 g/mol. The minimum absolute atomic E-state index is 0.0403. The van der Waals surface area contributed by atoms with Crippen molar-refractivity contribution in [3.05, 3.63) is 41.5 Å². The molecule has 0 N–H and O–H groups in total. The summed E-state index contributed by atoms with van der Waals surface area (Å²) in [7, 11) is 0. The van der Waals surface area contributed by atoms with Crippen LogP contribution in [0.15, 0.2) is 35.4 Å². The molecule has 3 rings (SSSR count). The molecule has 29 heavy (non-hydrogen) atoms. The third-order valence-electron chi connectivity index (χ3n) is 4.94. The fourth-order valence-corrected chi connectivity index (χ4v) is 3.75. The molecule has 1 aliphatic rings. The lowest BCUT2D eigenvalue weighted by atomic mass is 10.0. The lowest BCUT2D eigenvalue weighted by molar-refractivity contribution is -0.129. The van der Waals surface area contributed by atoms with E-state index in [1.807, 2.05) is 18.2 Å². The lowest BCUT2D eigenvalue weighted by Crippen LogP contribution is -2.51. The van der Waals surface area contributed by atoms with E-state index < -0.39 is 0 Å². The van der Waals surface area contributed by atoms with Crippen molar-refractivity contribution in [3.8, 4) is 11.3 Å². The molecule has 0 unspecified atom stereocenters. The van der Waals surface area contributed by atoms with Gasteiger partial charge in [0.2, 0.25) is 5.91 Å². The van der Waals surface area contributed by atoms with Gasteiger partial charge in [-0.05, 0) is 50.1 Å². The highest BCUT2D eigenvalue weighted by Gasteiger charge is 2.24. The first-order chi connectivity index (χ1) is 14.0. The van der Waals surface area contributed by atoms with Gasteiger partial charge < -0.3 is 14.5 Å². The SMILES string of the molecule is CCOC(=O)N1CCN(C(=O)CSc2ccc(-c3ccc(C)c(C)c3)nn2)CC1. The number of amides is 2. The van der Waals surface area contributed by atoms with E-state index >= 15 is 0 Å². The number of hydrogen-bond acceptors (Lipinski definition) is 6. The highest BCUT2D eigenvalue weighted by Crippen LogP contribution is 2.22. The van der Waals surface area contributed by atoms with Gasteiger partial charge in [-0.25, -0.2) is 4.79 Å². The molecule has 154 valence electrons. The molecule has 0 bridgehead atoms. The van der Waals surface area contributed by atoms with Crippen LogP contribution in [0.3, 0.4) is 0 Å². The van der Waals surface area contributed by atoms with Crippen molar-refractivity contribution < 1.29 is 14.3 Å². The zero-order valence-corrected chi connectivity index (χ0v) is 17.9. The smallest absolute Gasteiger partial charge is 0.409 e. The van der Waals surface area contributed by atoms with Crippen LogP contribution in [0.25, 0.3) is 11.3 Å². The molecule has 0 saturated carbocycles. The van der Waals surface area contributed by atoms with Crippen molar-refractivity contribution >= 4 is 23.8 Å². The number of benzene rings is 1. The van der Waals surface area contributed by atoms with E-state index in [1.54, 1.807) is 16.7 Å². The molecule has 0 spiro atoms. The van der Waals surface area contributed by atoms with E-state index in [-0.39, 0.29) is 12.0 Å². The molecule has 0 radical (unpaired) electrons. The van der Waals surface area contributed by atoms with E-state index in [4.69, 9.17) is 4.74 Å². The minimum Gasteiger partial charge on any atom is -0.450 e. The Morgan fingerprint density at radius 1 is 1.00 bits per heavy atom. The maximum Gasteiger partial charge on any atom is 0.409 e. The Kier molecular flexibility index (Phi) is 7.09. The van der Waals surface area contributed by atoms with Crippen molar-refractivity contribution in [2.75, 3.05) is 38.5 Å². The van der Waals surface area contributed by atoms with Gasteiger partial charge in [0, 0.05) is 31.7 Å². The third kappa shape index (κ3) is 5.47. The number of nitrogens with zero attached hydrogens (tertiary/aromatic N) is 4. The van der Waals surface area contributed by atoms with Crippen LogP contribution in [0.1, 0.15) is 18.1 Å². The third-order valence-corrected chi connectivity index (χ3v) is 5.85.